The number of hydrogen-bond acceptors (Lipinski definition) is 4. The van der Waals surface area contributed by atoms with Crippen LogP contribution in [0.5, 0.6) is 6.08 Å². The van der Waals surface area contributed by atoms with Gasteiger partial charge in [-0.05, 0) is 33.1 Å². The van der Waals surface area contributed by atoms with Crippen molar-refractivity contribution < 1.29 is 9.15 Å². The lowest BCUT2D eigenvalue weighted by Crippen LogP contribution is -2.35. The van der Waals surface area contributed by atoms with Crippen molar-refractivity contribution in [3.8, 4) is 6.08 Å². The highest BCUT2D eigenvalue weighted by atomic mass is 16.6. The van der Waals surface area contributed by atoms with E-state index in [2.05, 4.69) is 44.9 Å². The van der Waals surface area contributed by atoms with E-state index in [1.165, 1.54) is 19.3 Å². The predicted octanol–water partition coefficient (Wildman–Crippen LogP) is 4.16. The average Bonchev–Trinajstić information content (AvgIpc) is 2.84. The molecule has 4 heteroatoms. The third-order valence-corrected chi connectivity index (χ3v) is 3.32. The summed E-state index contributed by atoms with van der Waals surface area (Å²) in [7, 11) is 0. The van der Waals surface area contributed by atoms with E-state index >= 15 is 0 Å². The van der Waals surface area contributed by atoms with Gasteiger partial charge in [0.15, 0.2) is 0 Å². The Balaban J connectivity index is 2.35. The first kappa shape index (κ1) is 17.0. The predicted molar refractivity (Wildman–Crippen MR) is 81.9 cm³/mol. The average molecular weight is 282 g/mol. The van der Waals surface area contributed by atoms with Crippen molar-refractivity contribution >= 4 is 0 Å². The molecule has 1 aromatic rings. The van der Waals surface area contributed by atoms with Gasteiger partial charge in [0.2, 0.25) is 0 Å². The smallest absolute Gasteiger partial charge is 0.393 e. The van der Waals surface area contributed by atoms with Gasteiger partial charge in [-0.2, -0.15) is 4.98 Å². The monoisotopic (exact) mass is 282 g/mol. The fourth-order valence-electron chi connectivity index (χ4n) is 1.88. The molecule has 0 aliphatic heterocycles. The van der Waals surface area contributed by atoms with E-state index in [1.54, 1.807) is 6.26 Å². The summed E-state index contributed by atoms with van der Waals surface area (Å²) in [5, 5.41) is 3.38. The lowest BCUT2D eigenvalue weighted by molar-refractivity contribution is 0.179. The minimum Gasteiger partial charge on any atom is -0.450 e. The quantitative estimate of drug-likeness (QED) is 0.739. The van der Waals surface area contributed by atoms with Crippen LogP contribution in [0.1, 0.15) is 66.0 Å². The van der Waals surface area contributed by atoms with Gasteiger partial charge < -0.3 is 14.5 Å². The second-order valence-electron chi connectivity index (χ2n) is 6.44. The molecule has 0 saturated carbocycles. The number of nitrogens with zero attached hydrogens (tertiary/aromatic N) is 1. The zero-order chi connectivity index (χ0) is 15.0. The van der Waals surface area contributed by atoms with Gasteiger partial charge >= 0.3 is 6.08 Å². The van der Waals surface area contributed by atoms with Crippen molar-refractivity contribution in [3.63, 3.8) is 0 Å². The van der Waals surface area contributed by atoms with E-state index < -0.39 is 0 Å². The maximum Gasteiger partial charge on any atom is 0.393 e. The van der Waals surface area contributed by atoms with Crippen LogP contribution in [-0.2, 0) is 6.54 Å². The van der Waals surface area contributed by atoms with Crippen molar-refractivity contribution in [3.05, 3.63) is 12.0 Å². The van der Waals surface area contributed by atoms with Crippen LogP contribution >= 0.6 is 0 Å². The normalized spacial score (nSPS) is 13.4. The highest BCUT2D eigenvalue weighted by Crippen LogP contribution is 2.16. The van der Waals surface area contributed by atoms with Crippen molar-refractivity contribution in [1.29, 1.82) is 0 Å². The summed E-state index contributed by atoms with van der Waals surface area (Å²) in [4.78, 5) is 4.35. The number of nitrogens with one attached hydrogen (secondary N) is 1. The Morgan fingerprint density at radius 3 is 2.70 bits per heavy atom. The van der Waals surface area contributed by atoms with Crippen LogP contribution in [0.15, 0.2) is 10.7 Å². The molecule has 1 N–H and O–H groups in total. The van der Waals surface area contributed by atoms with Crippen molar-refractivity contribution in [1.82, 2.24) is 10.3 Å². The Morgan fingerprint density at radius 2 is 2.10 bits per heavy atom. The molecule has 1 aromatic heterocycles. The number of unbranched alkanes of at least 4 members (excludes halogenated alkanes) is 1. The third kappa shape index (κ3) is 6.94. The van der Waals surface area contributed by atoms with Crippen molar-refractivity contribution in [2.75, 3.05) is 6.61 Å². The molecular weight excluding hydrogens is 252 g/mol. The zero-order valence-corrected chi connectivity index (χ0v) is 13.7. The van der Waals surface area contributed by atoms with E-state index in [-0.39, 0.29) is 5.54 Å². The molecule has 0 aliphatic carbocycles. The van der Waals surface area contributed by atoms with Crippen LogP contribution in [-0.4, -0.2) is 17.1 Å². The largest absolute Gasteiger partial charge is 0.450 e. The molecule has 0 fully saturated rings. The van der Waals surface area contributed by atoms with Crippen LogP contribution in [0.3, 0.4) is 0 Å². The SMILES string of the molecule is CCCCC(CC)COc1nc(CNC(C)(C)C)co1. The van der Waals surface area contributed by atoms with E-state index in [1.807, 2.05) is 0 Å². The molecule has 1 atom stereocenters. The molecule has 1 heterocycles. The molecular formula is C16H30N2O2. The second-order valence-corrected chi connectivity index (χ2v) is 6.44. The van der Waals surface area contributed by atoms with E-state index in [0.29, 0.717) is 25.1 Å². The molecule has 0 aromatic carbocycles. The first-order chi connectivity index (χ1) is 9.44. The molecule has 116 valence electrons. The molecule has 1 unspecified atom stereocenters. The fourth-order valence-corrected chi connectivity index (χ4v) is 1.88. The summed E-state index contributed by atoms with van der Waals surface area (Å²) in [6, 6.07) is 0. The number of oxazole rings is 1. The van der Waals surface area contributed by atoms with E-state index in [4.69, 9.17) is 9.15 Å². The standard InChI is InChI=1S/C16H30N2O2/c1-6-8-9-13(7-2)11-19-15-18-14(12-20-15)10-17-16(3,4)5/h12-13,17H,6-11H2,1-5H3. The van der Waals surface area contributed by atoms with Gasteiger partial charge in [-0.1, -0.05) is 33.1 Å². The van der Waals surface area contributed by atoms with Gasteiger partial charge in [-0.3, -0.25) is 0 Å². The molecule has 0 radical (unpaired) electrons. The molecule has 4 nitrogen and oxygen atoms in total. The number of hydrogen-bond donors (Lipinski definition) is 1. The van der Waals surface area contributed by atoms with Gasteiger partial charge in [0.05, 0.1) is 12.3 Å². The van der Waals surface area contributed by atoms with E-state index in [0.717, 1.165) is 12.1 Å². The summed E-state index contributed by atoms with van der Waals surface area (Å²) >= 11 is 0. The molecule has 1 rings (SSSR count). The number of ether oxygens (including phenoxy) is 1. The molecule has 0 aliphatic rings. The van der Waals surface area contributed by atoms with Crippen molar-refractivity contribution in [2.45, 2.75) is 72.4 Å². The lowest BCUT2D eigenvalue weighted by atomic mass is 10.0. The minimum absolute atomic E-state index is 0.0768. The van der Waals surface area contributed by atoms with Gasteiger partial charge in [-0.15, -0.1) is 0 Å². The summed E-state index contributed by atoms with van der Waals surface area (Å²) < 4.78 is 11.0. The van der Waals surface area contributed by atoms with Crippen LogP contribution in [0, 0.1) is 5.92 Å². The van der Waals surface area contributed by atoms with Crippen LogP contribution in [0.25, 0.3) is 0 Å². The number of aromatic nitrogens is 1. The Bertz CT molecular complexity index is 369. The first-order valence-electron chi connectivity index (χ1n) is 7.76. The summed E-state index contributed by atoms with van der Waals surface area (Å²) in [5.74, 6) is 0.595. The Kier molecular flexibility index (Phi) is 7.06. The summed E-state index contributed by atoms with van der Waals surface area (Å²) in [5.41, 5.74) is 0.962. The first-order valence-corrected chi connectivity index (χ1v) is 7.76. The maximum absolute atomic E-state index is 5.66. The topological polar surface area (TPSA) is 47.3 Å². The van der Waals surface area contributed by atoms with Crippen LogP contribution in [0.4, 0.5) is 0 Å². The zero-order valence-electron chi connectivity index (χ0n) is 13.7. The molecule has 20 heavy (non-hydrogen) atoms. The lowest BCUT2D eigenvalue weighted by Gasteiger charge is -2.19. The third-order valence-electron chi connectivity index (χ3n) is 3.32. The van der Waals surface area contributed by atoms with E-state index in [9.17, 15) is 0 Å². The summed E-state index contributed by atoms with van der Waals surface area (Å²) in [6.07, 6.45) is 6.91. The van der Waals surface area contributed by atoms with Crippen LogP contribution < -0.4 is 10.1 Å². The molecule has 0 bridgehead atoms. The minimum atomic E-state index is 0.0768. The highest BCUT2D eigenvalue weighted by molar-refractivity contribution is 5.00. The molecule has 0 amide bonds. The fraction of sp³-hybridized carbons (Fsp3) is 0.812. The maximum atomic E-state index is 5.66. The number of rotatable bonds is 9. The van der Waals surface area contributed by atoms with Gasteiger partial charge in [-0.25, -0.2) is 0 Å². The highest BCUT2D eigenvalue weighted by Gasteiger charge is 2.13. The molecule has 0 spiro atoms. The second kappa shape index (κ2) is 8.30. The van der Waals surface area contributed by atoms with Gasteiger partial charge in [0.1, 0.15) is 6.26 Å². The van der Waals surface area contributed by atoms with Crippen molar-refractivity contribution in [2.24, 2.45) is 5.92 Å². The van der Waals surface area contributed by atoms with Crippen LogP contribution in [0.2, 0.25) is 0 Å². The van der Waals surface area contributed by atoms with Gasteiger partial charge in [0.25, 0.3) is 0 Å². The summed E-state index contributed by atoms with van der Waals surface area (Å²) in [6.45, 7) is 12.2. The Hall–Kier alpha value is -1.03. The Morgan fingerprint density at radius 1 is 1.35 bits per heavy atom. The Labute approximate surface area is 123 Å². The van der Waals surface area contributed by atoms with Gasteiger partial charge in [0, 0.05) is 12.1 Å². The molecule has 0 saturated heterocycles.